The Hall–Kier alpha value is -3.20. The number of aromatic nitrogens is 1. The number of methoxy groups -OCH3 is 1. The normalized spacial score (nSPS) is 14.6. The molecule has 0 unspecified atom stereocenters. The van der Waals surface area contributed by atoms with E-state index in [0.29, 0.717) is 18.8 Å². The predicted molar refractivity (Wildman–Crippen MR) is 99.8 cm³/mol. The average Bonchev–Trinajstić information content (AvgIpc) is 2.69. The summed E-state index contributed by atoms with van der Waals surface area (Å²) in [5.74, 6) is 0.257. The predicted octanol–water partition coefficient (Wildman–Crippen LogP) is 2.35. The first-order valence-corrected chi connectivity index (χ1v) is 8.56. The lowest BCUT2D eigenvalue weighted by molar-refractivity contribution is -0.384. The number of piperazine rings is 1. The summed E-state index contributed by atoms with van der Waals surface area (Å²) < 4.78 is 5.16. The highest BCUT2D eigenvalue weighted by Crippen LogP contribution is 2.29. The van der Waals surface area contributed by atoms with Gasteiger partial charge in [-0.15, -0.1) is 0 Å². The maximum absolute atomic E-state index is 12.5. The number of nitrogens with one attached hydrogen (secondary N) is 1. The van der Waals surface area contributed by atoms with Crippen LogP contribution in [0.3, 0.4) is 0 Å². The van der Waals surface area contributed by atoms with Crippen molar-refractivity contribution < 1.29 is 14.5 Å². The summed E-state index contributed by atoms with van der Waals surface area (Å²) in [7, 11) is 1.41. The first-order valence-electron chi connectivity index (χ1n) is 8.56. The van der Waals surface area contributed by atoms with Gasteiger partial charge in [0, 0.05) is 51.2 Å². The first kappa shape index (κ1) is 18.6. The van der Waals surface area contributed by atoms with E-state index >= 15 is 0 Å². The number of anilines is 1. The molecule has 2 amide bonds. The smallest absolute Gasteiger partial charge is 0.322 e. The van der Waals surface area contributed by atoms with Gasteiger partial charge in [0.2, 0.25) is 0 Å². The molecule has 0 spiro atoms. The van der Waals surface area contributed by atoms with Crippen molar-refractivity contribution >= 4 is 17.4 Å². The molecular weight excluding hydrogens is 350 g/mol. The molecule has 0 atom stereocenters. The Balaban J connectivity index is 1.56. The van der Waals surface area contributed by atoms with E-state index in [4.69, 9.17) is 4.74 Å². The van der Waals surface area contributed by atoms with Crippen molar-refractivity contribution in [3.8, 4) is 5.75 Å². The zero-order valence-corrected chi connectivity index (χ0v) is 15.0. The molecule has 1 aromatic heterocycles. The van der Waals surface area contributed by atoms with Crippen molar-refractivity contribution in [1.82, 2.24) is 14.8 Å². The van der Waals surface area contributed by atoms with Crippen molar-refractivity contribution in [3.05, 3.63) is 58.4 Å². The van der Waals surface area contributed by atoms with Gasteiger partial charge < -0.3 is 15.0 Å². The van der Waals surface area contributed by atoms with Crippen LogP contribution in [0.1, 0.15) is 5.56 Å². The van der Waals surface area contributed by atoms with Crippen LogP contribution >= 0.6 is 0 Å². The summed E-state index contributed by atoms with van der Waals surface area (Å²) in [5, 5.41) is 13.6. The third kappa shape index (κ3) is 4.70. The highest BCUT2D eigenvalue weighted by Gasteiger charge is 2.22. The Morgan fingerprint density at radius 1 is 1.30 bits per heavy atom. The molecule has 9 heteroatoms. The molecule has 1 saturated heterocycles. The van der Waals surface area contributed by atoms with Gasteiger partial charge in [0.1, 0.15) is 5.75 Å². The lowest BCUT2D eigenvalue weighted by Crippen LogP contribution is -2.49. The van der Waals surface area contributed by atoms with Crippen molar-refractivity contribution in [3.63, 3.8) is 0 Å². The third-order valence-corrected chi connectivity index (χ3v) is 4.43. The molecule has 1 fully saturated rings. The van der Waals surface area contributed by atoms with E-state index in [0.717, 1.165) is 25.2 Å². The molecule has 1 N–H and O–H groups in total. The Kier molecular flexibility index (Phi) is 5.82. The first-order chi connectivity index (χ1) is 13.1. The number of hydrogen-bond donors (Lipinski definition) is 1. The van der Waals surface area contributed by atoms with Crippen molar-refractivity contribution in [2.24, 2.45) is 0 Å². The molecule has 2 aromatic rings. The van der Waals surface area contributed by atoms with Crippen LogP contribution in [0.25, 0.3) is 0 Å². The van der Waals surface area contributed by atoms with Crippen molar-refractivity contribution in [2.75, 3.05) is 38.6 Å². The second kappa shape index (κ2) is 8.45. The SMILES string of the molecule is COc1cc([N+](=O)[O-])ccc1NC(=O)N1CCN(Cc2cccnc2)CC1. The monoisotopic (exact) mass is 371 g/mol. The molecule has 1 aromatic carbocycles. The van der Waals surface area contributed by atoms with Gasteiger partial charge in [-0.25, -0.2) is 4.79 Å². The summed E-state index contributed by atoms with van der Waals surface area (Å²) >= 11 is 0. The van der Waals surface area contributed by atoms with E-state index in [1.54, 1.807) is 11.1 Å². The van der Waals surface area contributed by atoms with Crippen LogP contribution in [0.2, 0.25) is 0 Å². The maximum atomic E-state index is 12.5. The minimum Gasteiger partial charge on any atom is -0.494 e. The van der Waals surface area contributed by atoms with Gasteiger partial charge in [0.15, 0.2) is 0 Å². The molecular formula is C18H21N5O4. The standard InChI is InChI=1S/C18H21N5O4/c1-27-17-11-15(23(25)26)4-5-16(17)20-18(24)22-9-7-21(8-10-22)13-14-3-2-6-19-12-14/h2-6,11-12H,7-10,13H2,1H3,(H,20,24). The fourth-order valence-electron chi connectivity index (χ4n) is 2.95. The molecule has 0 radical (unpaired) electrons. The van der Waals surface area contributed by atoms with Crippen molar-refractivity contribution in [2.45, 2.75) is 6.54 Å². The van der Waals surface area contributed by atoms with Crippen LogP contribution in [0.4, 0.5) is 16.2 Å². The number of carbonyl (C=O) groups excluding carboxylic acids is 1. The van der Waals surface area contributed by atoms with Gasteiger partial charge in [-0.05, 0) is 17.7 Å². The van der Waals surface area contributed by atoms with Crippen LogP contribution in [0.5, 0.6) is 5.75 Å². The minimum atomic E-state index is -0.504. The fourth-order valence-corrected chi connectivity index (χ4v) is 2.95. The molecule has 3 rings (SSSR count). The van der Waals surface area contributed by atoms with Gasteiger partial charge in [0.05, 0.1) is 23.8 Å². The van der Waals surface area contributed by atoms with Gasteiger partial charge in [-0.2, -0.15) is 0 Å². The maximum Gasteiger partial charge on any atom is 0.322 e. The Morgan fingerprint density at radius 3 is 2.70 bits per heavy atom. The second-order valence-electron chi connectivity index (χ2n) is 6.20. The molecule has 0 bridgehead atoms. The van der Waals surface area contributed by atoms with Gasteiger partial charge >= 0.3 is 6.03 Å². The third-order valence-electron chi connectivity index (χ3n) is 4.43. The number of rotatable bonds is 5. The number of nitro benzene ring substituents is 1. The molecule has 27 heavy (non-hydrogen) atoms. The van der Waals surface area contributed by atoms with Crippen LogP contribution in [0.15, 0.2) is 42.7 Å². The van der Waals surface area contributed by atoms with Crippen LogP contribution < -0.4 is 10.1 Å². The quantitative estimate of drug-likeness (QED) is 0.640. The summed E-state index contributed by atoms with van der Waals surface area (Å²) in [6.07, 6.45) is 3.60. The Labute approximate surface area is 156 Å². The van der Waals surface area contributed by atoms with E-state index < -0.39 is 4.92 Å². The van der Waals surface area contributed by atoms with E-state index in [2.05, 4.69) is 15.2 Å². The minimum absolute atomic E-state index is 0.0890. The number of urea groups is 1. The summed E-state index contributed by atoms with van der Waals surface area (Å²) in [6.45, 7) is 3.53. The number of nitro groups is 1. The zero-order chi connectivity index (χ0) is 19.2. The summed E-state index contributed by atoms with van der Waals surface area (Å²) in [5.41, 5.74) is 1.46. The summed E-state index contributed by atoms with van der Waals surface area (Å²) in [6, 6.07) is 7.81. The fraction of sp³-hybridized carbons (Fsp3) is 0.333. The number of nitrogens with zero attached hydrogens (tertiary/aromatic N) is 4. The number of ether oxygens (including phenoxy) is 1. The Bertz CT molecular complexity index is 807. The number of pyridine rings is 1. The van der Waals surface area contributed by atoms with Crippen LogP contribution in [0, 0.1) is 10.1 Å². The zero-order valence-electron chi connectivity index (χ0n) is 15.0. The largest absolute Gasteiger partial charge is 0.494 e. The van der Waals surface area contributed by atoms with E-state index in [-0.39, 0.29) is 17.5 Å². The number of non-ortho nitro benzene ring substituents is 1. The van der Waals surface area contributed by atoms with Crippen LogP contribution in [-0.4, -0.2) is 59.0 Å². The van der Waals surface area contributed by atoms with Crippen LogP contribution in [-0.2, 0) is 6.54 Å². The van der Waals surface area contributed by atoms with Gasteiger partial charge in [-0.1, -0.05) is 6.07 Å². The summed E-state index contributed by atoms with van der Waals surface area (Å²) in [4.78, 5) is 31.0. The van der Waals surface area contributed by atoms with Crippen molar-refractivity contribution in [1.29, 1.82) is 0 Å². The number of hydrogen-bond acceptors (Lipinski definition) is 6. The molecule has 0 saturated carbocycles. The lowest BCUT2D eigenvalue weighted by atomic mass is 10.2. The topological polar surface area (TPSA) is 101 Å². The molecule has 142 valence electrons. The molecule has 2 heterocycles. The number of amides is 2. The number of benzene rings is 1. The molecule has 0 aliphatic carbocycles. The second-order valence-corrected chi connectivity index (χ2v) is 6.20. The number of carbonyl (C=O) groups is 1. The average molecular weight is 371 g/mol. The van der Waals surface area contributed by atoms with E-state index in [1.807, 2.05) is 18.3 Å². The van der Waals surface area contributed by atoms with E-state index in [9.17, 15) is 14.9 Å². The highest BCUT2D eigenvalue weighted by molar-refractivity contribution is 5.91. The van der Waals surface area contributed by atoms with Gasteiger partial charge in [0.25, 0.3) is 5.69 Å². The highest BCUT2D eigenvalue weighted by atomic mass is 16.6. The van der Waals surface area contributed by atoms with Gasteiger partial charge in [-0.3, -0.25) is 20.0 Å². The van der Waals surface area contributed by atoms with E-state index in [1.165, 1.54) is 25.3 Å². The Morgan fingerprint density at radius 2 is 2.07 bits per heavy atom. The molecule has 9 nitrogen and oxygen atoms in total. The molecule has 1 aliphatic rings. The lowest BCUT2D eigenvalue weighted by Gasteiger charge is -2.34. The molecule has 1 aliphatic heterocycles.